The van der Waals surface area contributed by atoms with Crippen LogP contribution in [0, 0.1) is 23.2 Å². The first-order valence-corrected chi connectivity index (χ1v) is 14.4. The van der Waals surface area contributed by atoms with E-state index < -0.39 is 23.0 Å². The molecule has 2 atom stereocenters. The first-order valence-electron chi connectivity index (χ1n) is 14.4. The predicted octanol–water partition coefficient (Wildman–Crippen LogP) is 2.12. The second kappa shape index (κ2) is 17.5. The number of nitrogens with one attached hydrogen (secondary N) is 2. The molecule has 1 aliphatic heterocycles. The van der Waals surface area contributed by atoms with Gasteiger partial charge in [-0.25, -0.2) is 4.79 Å². The van der Waals surface area contributed by atoms with E-state index in [4.69, 9.17) is 15.9 Å². The summed E-state index contributed by atoms with van der Waals surface area (Å²) in [5, 5.41) is 17.0. The number of hydrogen-bond acceptors (Lipinski definition) is 7. The van der Waals surface area contributed by atoms with Crippen molar-refractivity contribution < 1.29 is 19.4 Å². The molecule has 2 unspecified atom stereocenters. The van der Waals surface area contributed by atoms with Gasteiger partial charge in [-0.15, -0.1) is 0 Å². The lowest BCUT2D eigenvalue weighted by atomic mass is 9.84. The van der Waals surface area contributed by atoms with Crippen LogP contribution in [0.15, 0.2) is 9.59 Å². The lowest BCUT2D eigenvalue weighted by molar-refractivity contribution is -0.142. The fourth-order valence-electron chi connectivity index (χ4n) is 4.76. The number of nitrogens with zero attached hydrogens (tertiary/aromatic N) is 3. The summed E-state index contributed by atoms with van der Waals surface area (Å²) in [5.74, 6) is 0.0529. The number of nitrogen functional groups attached to an aromatic ring is 1. The zero-order valence-corrected chi connectivity index (χ0v) is 25.1. The van der Waals surface area contributed by atoms with Crippen molar-refractivity contribution >= 4 is 18.2 Å². The summed E-state index contributed by atoms with van der Waals surface area (Å²) in [6.45, 7) is 10.2. The molecule has 40 heavy (non-hydrogen) atoms. The molecule has 3 rings (SSSR count). The molecule has 2 heterocycles. The quantitative estimate of drug-likeness (QED) is 0.180. The molecule has 2 fully saturated rings. The Labute approximate surface area is 237 Å². The fraction of sp³-hybridized carbons (Fsp3) is 0.750. The molecule has 5 N–H and O–H groups in total. The summed E-state index contributed by atoms with van der Waals surface area (Å²) < 4.78 is 6.20. The Morgan fingerprint density at radius 2 is 1.80 bits per heavy atom. The zero-order valence-electron chi connectivity index (χ0n) is 25.1. The number of amidine groups is 1. The van der Waals surface area contributed by atoms with Gasteiger partial charge in [-0.3, -0.25) is 29.3 Å². The van der Waals surface area contributed by atoms with E-state index in [0.29, 0.717) is 31.6 Å². The molecular formula is C28H50N6O6. The van der Waals surface area contributed by atoms with Gasteiger partial charge in [-0.05, 0) is 18.3 Å². The second-order valence-corrected chi connectivity index (χ2v) is 10.7. The first kappa shape index (κ1) is 34.9. The van der Waals surface area contributed by atoms with Crippen molar-refractivity contribution in [3.63, 3.8) is 0 Å². The van der Waals surface area contributed by atoms with Gasteiger partial charge in [0.15, 0.2) is 0 Å². The first-order chi connectivity index (χ1) is 19.0. The Morgan fingerprint density at radius 1 is 1.20 bits per heavy atom. The number of aromatic nitrogens is 2. The number of carbonyl (C=O) groups is 2. The lowest BCUT2D eigenvalue weighted by Crippen LogP contribution is -2.50. The minimum atomic E-state index is -0.847. The zero-order chi connectivity index (χ0) is 30.4. The van der Waals surface area contributed by atoms with Crippen LogP contribution in [-0.2, 0) is 20.9 Å². The smallest absolute Gasteiger partial charge is 0.331 e. The van der Waals surface area contributed by atoms with E-state index in [1.165, 1.54) is 32.1 Å². The molecular weight excluding hydrogens is 516 g/mol. The van der Waals surface area contributed by atoms with E-state index in [-0.39, 0.29) is 30.0 Å². The summed E-state index contributed by atoms with van der Waals surface area (Å²) in [6.07, 6.45) is 8.68. The number of aromatic amines is 1. The maximum atomic E-state index is 12.5. The number of H-pyrrole nitrogens is 1. The van der Waals surface area contributed by atoms with Crippen LogP contribution in [0.4, 0.5) is 0 Å². The highest BCUT2D eigenvalue weighted by Crippen LogP contribution is 2.29. The number of carbonyl (C=O) groups excluding carboxylic acids is 2. The molecule has 0 spiro atoms. The molecule has 1 saturated carbocycles. The summed E-state index contributed by atoms with van der Waals surface area (Å²) in [5.41, 5.74) is 3.27. The van der Waals surface area contributed by atoms with Crippen molar-refractivity contribution in [1.82, 2.24) is 19.4 Å². The Kier molecular flexibility index (Phi) is 15.3. The maximum Gasteiger partial charge on any atom is 0.331 e. The van der Waals surface area contributed by atoms with Crippen LogP contribution in [0.2, 0.25) is 0 Å². The third kappa shape index (κ3) is 10.1. The van der Waals surface area contributed by atoms with Crippen molar-refractivity contribution in [2.75, 3.05) is 33.9 Å². The van der Waals surface area contributed by atoms with Crippen LogP contribution >= 0.6 is 0 Å². The Bertz CT molecular complexity index is 1060. The summed E-state index contributed by atoms with van der Waals surface area (Å²) in [4.78, 5) is 52.2. The molecule has 1 saturated heterocycles. The van der Waals surface area contributed by atoms with E-state index in [1.807, 2.05) is 32.7 Å². The summed E-state index contributed by atoms with van der Waals surface area (Å²) in [6, 6.07) is -0.304. The maximum absolute atomic E-state index is 12.5. The highest BCUT2D eigenvalue weighted by atomic mass is 16.5. The molecule has 0 bridgehead atoms. The van der Waals surface area contributed by atoms with E-state index in [0.717, 1.165) is 23.8 Å². The minimum Gasteiger partial charge on any atom is -0.494 e. The molecule has 12 heteroatoms. The summed E-state index contributed by atoms with van der Waals surface area (Å²) >= 11 is 0. The molecule has 2 amide bonds. The SMILES string of the molecule is CC.CCC(C)Cn1c(O)c(C(=N)N)c(=O)[nH]c1=O.CN(C)C(=O)C(CC1CCCCC1)N(C=O)CC1COC1. The van der Waals surface area contributed by atoms with Crippen molar-refractivity contribution in [1.29, 1.82) is 5.41 Å². The number of nitrogens with two attached hydrogens (primary N) is 1. The van der Waals surface area contributed by atoms with Crippen molar-refractivity contribution in [2.24, 2.45) is 23.5 Å². The van der Waals surface area contributed by atoms with E-state index in [1.54, 1.807) is 23.9 Å². The molecule has 12 nitrogen and oxygen atoms in total. The van der Waals surface area contributed by atoms with Crippen LogP contribution in [0.25, 0.3) is 0 Å². The number of hydrogen-bond donors (Lipinski definition) is 4. The second-order valence-electron chi connectivity index (χ2n) is 10.7. The summed E-state index contributed by atoms with van der Waals surface area (Å²) in [7, 11) is 3.54. The van der Waals surface area contributed by atoms with Gasteiger partial charge in [0, 0.05) is 33.1 Å². The molecule has 228 valence electrons. The molecule has 0 radical (unpaired) electrons. The highest BCUT2D eigenvalue weighted by molar-refractivity contribution is 5.96. The van der Waals surface area contributed by atoms with Crippen LogP contribution in [0.3, 0.4) is 0 Å². The topological polar surface area (TPSA) is 175 Å². The van der Waals surface area contributed by atoms with Crippen LogP contribution in [0.1, 0.15) is 78.2 Å². The standard InChI is InChI=1S/C16H28N2O3.C10H16N4O3.C2H6/c1-17(2)16(20)15(8-13-6-4-3-5-7-13)18(12-19)9-14-10-21-11-14;1-3-5(2)4-14-9(16)6(7(11)12)8(15)13-10(14)17;1-2/h12-15H,3-11H2,1-2H3;5,16H,3-4H2,1-2H3,(H3,11,12)(H,13,15,17);1-2H3. The molecule has 1 aliphatic carbocycles. The predicted molar refractivity (Wildman–Crippen MR) is 156 cm³/mol. The van der Waals surface area contributed by atoms with Crippen LogP contribution < -0.4 is 17.0 Å². The van der Waals surface area contributed by atoms with Gasteiger partial charge in [-0.2, -0.15) is 0 Å². The van der Waals surface area contributed by atoms with Gasteiger partial charge in [0.2, 0.25) is 18.2 Å². The monoisotopic (exact) mass is 566 g/mol. The van der Waals surface area contributed by atoms with E-state index >= 15 is 0 Å². The number of aromatic hydroxyl groups is 1. The molecule has 1 aromatic rings. The van der Waals surface area contributed by atoms with Crippen molar-refractivity contribution in [3.8, 4) is 5.88 Å². The van der Waals surface area contributed by atoms with Gasteiger partial charge in [0.05, 0.1) is 13.2 Å². The average Bonchev–Trinajstić information content (AvgIpc) is 2.90. The third-order valence-corrected chi connectivity index (χ3v) is 7.35. The molecule has 1 aromatic heterocycles. The average molecular weight is 567 g/mol. The molecule has 0 aromatic carbocycles. The Hall–Kier alpha value is -3.15. The van der Waals surface area contributed by atoms with Crippen LogP contribution in [0.5, 0.6) is 5.88 Å². The van der Waals surface area contributed by atoms with Crippen molar-refractivity contribution in [2.45, 2.75) is 85.2 Å². The van der Waals surface area contributed by atoms with Gasteiger partial charge < -0.3 is 25.4 Å². The van der Waals surface area contributed by atoms with Gasteiger partial charge in [0.25, 0.3) is 5.56 Å². The van der Waals surface area contributed by atoms with Crippen molar-refractivity contribution in [3.05, 3.63) is 26.4 Å². The highest BCUT2D eigenvalue weighted by Gasteiger charge is 2.32. The van der Waals surface area contributed by atoms with E-state index in [2.05, 4.69) is 0 Å². The number of likely N-dealkylation sites (N-methyl/N-ethyl adjacent to an activating group) is 1. The largest absolute Gasteiger partial charge is 0.494 e. The number of amides is 2. The molecule has 2 aliphatic rings. The number of ether oxygens (including phenoxy) is 1. The van der Waals surface area contributed by atoms with Gasteiger partial charge >= 0.3 is 5.69 Å². The Balaban J connectivity index is 0.000000385. The van der Waals surface area contributed by atoms with E-state index in [9.17, 15) is 24.3 Å². The lowest BCUT2D eigenvalue weighted by Gasteiger charge is -2.37. The minimum absolute atomic E-state index is 0.0490. The third-order valence-electron chi connectivity index (χ3n) is 7.35. The van der Waals surface area contributed by atoms with Gasteiger partial charge in [-0.1, -0.05) is 66.2 Å². The normalized spacial score (nSPS) is 16.6. The van der Waals surface area contributed by atoms with Gasteiger partial charge in [0.1, 0.15) is 17.4 Å². The Morgan fingerprint density at radius 3 is 2.25 bits per heavy atom. The van der Waals surface area contributed by atoms with Crippen LogP contribution in [-0.4, -0.2) is 82.5 Å². The fourth-order valence-corrected chi connectivity index (χ4v) is 4.76. The number of rotatable bonds is 11.